The summed E-state index contributed by atoms with van der Waals surface area (Å²) >= 11 is 3.79. The number of amides is 2. The molecule has 1 unspecified atom stereocenters. The highest BCUT2D eigenvalue weighted by Crippen LogP contribution is 2.38. The van der Waals surface area contributed by atoms with Crippen molar-refractivity contribution in [3.8, 4) is 5.75 Å². The first-order valence-corrected chi connectivity index (χ1v) is 7.65. The molecule has 0 N–H and O–H groups in total. The van der Waals surface area contributed by atoms with E-state index in [0.717, 1.165) is 22.6 Å². The zero-order valence-electron chi connectivity index (χ0n) is 12.5. The van der Waals surface area contributed by atoms with Crippen molar-refractivity contribution in [2.24, 2.45) is 0 Å². The number of hydrogen-bond donors (Lipinski definition) is 1. The van der Waals surface area contributed by atoms with Crippen LogP contribution in [-0.4, -0.2) is 39.4 Å². The van der Waals surface area contributed by atoms with E-state index in [4.69, 9.17) is 9.02 Å². The highest BCUT2D eigenvalue weighted by molar-refractivity contribution is 7.75. The zero-order valence-corrected chi connectivity index (χ0v) is 13.4. The molecule has 1 fully saturated rings. The van der Waals surface area contributed by atoms with Crippen molar-refractivity contribution in [2.75, 3.05) is 13.7 Å². The predicted octanol–water partition coefficient (Wildman–Crippen LogP) is 2.01. The fraction of sp³-hybridized carbons (Fsp3) is 0.333. The summed E-state index contributed by atoms with van der Waals surface area (Å²) in [5, 5.41) is 5.79. The van der Waals surface area contributed by atoms with Crippen LogP contribution >= 0.6 is 12.9 Å². The standard InChI is InChI=1S/C15H16N4O3S/c1-21-11-4-2-10(3-5-11)7-18-13-8-17-9-14(12(13)6-16-18)19(22-23)15(17)20/h2-6,14,23H,7-9H2,1H3. The molecule has 2 amide bonds. The van der Waals surface area contributed by atoms with Gasteiger partial charge in [-0.15, -0.1) is 0 Å². The smallest absolute Gasteiger partial charge is 0.345 e. The maximum atomic E-state index is 12.2. The van der Waals surface area contributed by atoms with E-state index >= 15 is 0 Å². The lowest BCUT2D eigenvalue weighted by Crippen LogP contribution is -2.30. The molecule has 120 valence electrons. The normalized spacial score (nSPS) is 19.2. The molecule has 4 rings (SSSR count). The molecule has 23 heavy (non-hydrogen) atoms. The summed E-state index contributed by atoms with van der Waals surface area (Å²) in [4.78, 5) is 13.9. The molecule has 0 radical (unpaired) electrons. The van der Waals surface area contributed by atoms with Crippen molar-refractivity contribution in [2.45, 2.75) is 19.1 Å². The number of rotatable bonds is 4. The quantitative estimate of drug-likeness (QED) is 0.687. The number of urea groups is 1. The number of fused-ring (bicyclic) bond motifs is 4. The summed E-state index contributed by atoms with van der Waals surface area (Å²) in [5.41, 5.74) is 3.19. The Labute approximate surface area is 139 Å². The third-order valence-corrected chi connectivity index (χ3v) is 4.57. The first kappa shape index (κ1) is 14.4. The van der Waals surface area contributed by atoms with Crippen molar-refractivity contribution in [1.82, 2.24) is 19.7 Å². The third kappa shape index (κ3) is 2.25. The maximum Gasteiger partial charge on any atom is 0.345 e. The minimum atomic E-state index is -0.155. The van der Waals surface area contributed by atoms with Gasteiger partial charge in [-0.2, -0.15) is 10.2 Å². The Hall–Kier alpha value is -2.19. The molecule has 1 atom stereocenters. The van der Waals surface area contributed by atoms with Crippen LogP contribution in [0.3, 0.4) is 0 Å². The van der Waals surface area contributed by atoms with Crippen LogP contribution in [0, 0.1) is 0 Å². The number of nitrogens with zero attached hydrogens (tertiary/aromatic N) is 4. The SMILES string of the molecule is COc1ccc(Cn2ncc3c2CN2CC3N(OS)C2=O)cc1. The van der Waals surface area contributed by atoms with Gasteiger partial charge in [0.1, 0.15) is 11.8 Å². The number of methoxy groups -OCH3 is 1. The van der Waals surface area contributed by atoms with Gasteiger partial charge >= 0.3 is 6.03 Å². The summed E-state index contributed by atoms with van der Waals surface area (Å²) < 4.78 is 12.0. The summed E-state index contributed by atoms with van der Waals surface area (Å²) in [7, 11) is 1.65. The minimum absolute atomic E-state index is 0.145. The van der Waals surface area contributed by atoms with Crippen LogP contribution in [0.1, 0.15) is 22.9 Å². The van der Waals surface area contributed by atoms with Gasteiger partial charge in [-0.3, -0.25) is 4.68 Å². The molecule has 0 spiro atoms. The van der Waals surface area contributed by atoms with Gasteiger partial charge in [0.05, 0.1) is 38.6 Å². The van der Waals surface area contributed by atoms with E-state index in [0.29, 0.717) is 19.6 Å². The Balaban J connectivity index is 1.62. The van der Waals surface area contributed by atoms with Gasteiger partial charge in [-0.25, -0.2) is 9.08 Å². The zero-order chi connectivity index (χ0) is 16.0. The van der Waals surface area contributed by atoms with Crippen molar-refractivity contribution in [1.29, 1.82) is 0 Å². The fourth-order valence-corrected chi connectivity index (χ4v) is 3.36. The van der Waals surface area contributed by atoms with Gasteiger partial charge in [0.15, 0.2) is 0 Å². The van der Waals surface area contributed by atoms with Gasteiger partial charge < -0.3 is 9.64 Å². The molecule has 3 heterocycles. The Kier molecular flexibility index (Phi) is 3.42. The second-order valence-electron chi connectivity index (χ2n) is 5.64. The number of hydrogen-bond acceptors (Lipinski definition) is 5. The number of carbonyl (C=O) groups is 1. The molecule has 1 saturated heterocycles. The second-order valence-corrected chi connectivity index (χ2v) is 5.80. The fourth-order valence-electron chi connectivity index (χ4n) is 3.18. The van der Waals surface area contributed by atoms with Crippen LogP contribution < -0.4 is 4.74 Å². The van der Waals surface area contributed by atoms with E-state index in [1.54, 1.807) is 12.0 Å². The number of thiol groups is 1. The molecule has 2 aliphatic rings. The van der Waals surface area contributed by atoms with Crippen molar-refractivity contribution >= 4 is 18.9 Å². The highest BCUT2D eigenvalue weighted by Gasteiger charge is 2.45. The summed E-state index contributed by atoms with van der Waals surface area (Å²) in [6, 6.07) is 7.58. The Morgan fingerprint density at radius 2 is 2.13 bits per heavy atom. The highest BCUT2D eigenvalue weighted by atomic mass is 32.1. The molecule has 0 saturated carbocycles. The Bertz CT molecular complexity index is 746. The molecule has 7 nitrogen and oxygen atoms in total. The average Bonchev–Trinajstić information content (AvgIpc) is 3.09. The van der Waals surface area contributed by atoms with Crippen LogP contribution in [0.25, 0.3) is 0 Å². The third-order valence-electron chi connectivity index (χ3n) is 4.40. The van der Waals surface area contributed by atoms with E-state index in [9.17, 15) is 4.79 Å². The molecule has 1 aromatic carbocycles. The number of carbonyl (C=O) groups excluding carboxylic acids is 1. The predicted molar refractivity (Wildman–Crippen MR) is 84.8 cm³/mol. The second kappa shape index (κ2) is 5.47. The van der Waals surface area contributed by atoms with E-state index < -0.39 is 0 Å². The van der Waals surface area contributed by atoms with E-state index in [-0.39, 0.29) is 12.1 Å². The van der Waals surface area contributed by atoms with Gasteiger partial charge in [-0.05, 0) is 17.7 Å². The average molecular weight is 332 g/mol. The van der Waals surface area contributed by atoms with E-state index in [2.05, 4.69) is 18.0 Å². The number of aromatic nitrogens is 2. The lowest BCUT2D eigenvalue weighted by Gasteiger charge is -2.22. The largest absolute Gasteiger partial charge is 0.497 e. The molecule has 2 bridgehead atoms. The van der Waals surface area contributed by atoms with Crippen LogP contribution in [0.2, 0.25) is 0 Å². The molecule has 0 aliphatic carbocycles. The molecule has 2 aliphatic heterocycles. The topological polar surface area (TPSA) is 59.8 Å². The minimum Gasteiger partial charge on any atom is -0.497 e. The monoisotopic (exact) mass is 332 g/mol. The van der Waals surface area contributed by atoms with E-state index in [1.807, 2.05) is 35.1 Å². The van der Waals surface area contributed by atoms with Gasteiger partial charge in [0.25, 0.3) is 0 Å². The number of ether oxygens (including phenoxy) is 1. The molecule has 1 aromatic heterocycles. The van der Waals surface area contributed by atoms with Crippen molar-refractivity contribution < 1.29 is 13.8 Å². The summed E-state index contributed by atoms with van der Waals surface area (Å²) in [6.45, 7) is 1.80. The van der Waals surface area contributed by atoms with Gasteiger partial charge in [-0.1, -0.05) is 12.1 Å². The van der Waals surface area contributed by atoms with Crippen LogP contribution in [0.15, 0.2) is 30.5 Å². The van der Waals surface area contributed by atoms with Crippen LogP contribution in [-0.2, 0) is 17.4 Å². The Morgan fingerprint density at radius 1 is 1.35 bits per heavy atom. The van der Waals surface area contributed by atoms with E-state index in [1.165, 1.54) is 5.06 Å². The first-order chi connectivity index (χ1) is 11.2. The van der Waals surface area contributed by atoms with Crippen LogP contribution in [0.4, 0.5) is 4.79 Å². The first-order valence-electron chi connectivity index (χ1n) is 7.28. The van der Waals surface area contributed by atoms with Crippen molar-refractivity contribution in [3.05, 3.63) is 47.3 Å². The lowest BCUT2D eigenvalue weighted by atomic mass is 10.0. The van der Waals surface area contributed by atoms with Gasteiger partial charge in [0, 0.05) is 18.5 Å². The number of benzene rings is 1. The lowest BCUT2D eigenvalue weighted by molar-refractivity contribution is -0.00366. The van der Waals surface area contributed by atoms with Crippen LogP contribution in [0.5, 0.6) is 5.75 Å². The molecular weight excluding hydrogens is 316 g/mol. The summed E-state index contributed by atoms with van der Waals surface area (Å²) in [6.07, 6.45) is 1.82. The molecule has 2 aromatic rings. The van der Waals surface area contributed by atoms with Gasteiger partial charge in [0.2, 0.25) is 0 Å². The Morgan fingerprint density at radius 3 is 2.83 bits per heavy atom. The molecular formula is C15H16N4O3S. The van der Waals surface area contributed by atoms with Crippen molar-refractivity contribution in [3.63, 3.8) is 0 Å². The maximum absolute atomic E-state index is 12.2. The number of hydroxylamine groups is 2. The molecule has 8 heteroatoms. The summed E-state index contributed by atoms with van der Waals surface area (Å²) in [5.74, 6) is 0.826.